The summed E-state index contributed by atoms with van der Waals surface area (Å²) in [4.78, 5) is 24.4. The summed E-state index contributed by atoms with van der Waals surface area (Å²) in [5.74, 6) is 1.92. The van der Waals surface area contributed by atoms with E-state index < -0.39 is 0 Å². The van der Waals surface area contributed by atoms with Gasteiger partial charge in [0.15, 0.2) is 5.82 Å². The Bertz CT molecular complexity index is 1130. The smallest absolute Gasteiger partial charge is 0.222 e. The summed E-state index contributed by atoms with van der Waals surface area (Å²) >= 11 is 0. The van der Waals surface area contributed by atoms with Crippen LogP contribution in [-0.2, 0) is 4.79 Å². The number of rotatable bonds is 5. The fraction of sp³-hybridized carbons (Fsp3) is 0.238. The van der Waals surface area contributed by atoms with Crippen LogP contribution in [0.3, 0.4) is 0 Å². The number of nitrogen functional groups attached to an aromatic ring is 1. The van der Waals surface area contributed by atoms with Crippen molar-refractivity contribution in [1.29, 1.82) is 0 Å². The maximum Gasteiger partial charge on any atom is 0.222 e. The van der Waals surface area contributed by atoms with Crippen molar-refractivity contribution in [3.8, 4) is 5.75 Å². The largest absolute Gasteiger partial charge is 0.494 e. The number of carbonyl (C=O) groups is 1. The normalized spacial score (nSPS) is 18.5. The van der Waals surface area contributed by atoms with Gasteiger partial charge < -0.3 is 21.5 Å². The minimum atomic E-state index is -0.0979. The molecular weight excluding hydrogens is 368 g/mol. The van der Waals surface area contributed by atoms with Gasteiger partial charge in [-0.1, -0.05) is 18.2 Å². The first-order chi connectivity index (χ1) is 14.0. The van der Waals surface area contributed by atoms with Crippen molar-refractivity contribution in [3.63, 3.8) is 0 Å². The van der Waals surface area contributed by atoms with Gasteiger partial charge in [0.1, 0.15) is 17.1 Å². The molecule has 8 nitrogen and oxygen atoms in total. The quantitative estimate of drug-likeness (QED) is 0.454. The van der Waals surface area contributed by atoms with Gasteiger partial charge in [-0.3, -0.25) is 4.79 Å². The van der Waals surface area contributed by atoms with Gasteiger partial charge in [0.25, 0.3) is 0 Å². The molecule has 2 unspecified atom stereocenters. The fourth-order valence-corrected chi connectivity index (χ4v) is 3.52. The molecule has 1 aliphatic rings. The highest BCUT2D eigenvalue weighted by atomic mass is 16.5. The van der Waals surface area contributed by atoms with Crippen molar-refractivity contribution in [2.75, 3.05) is 18.2 Å². The van der Waals surface area contributed by atoms with Crippen LogP contribution in [0.15, 0.2) is 47.5 Å². The molecule has 1 amide bonds. The van der Waals surface area contributed by atoms with Gasteiger partial charge in [-0.05, 0) is 42.2 Å². The number of ether oxygens (including phenoxy) is 1. The van der Waals surface area contributed by atoms with Crippen molar-refractivity contribution < 1.29 is 9.53 Å². The van der Waals surface area contributed by atoms with E-state index in [2.05, 4.69) is 20.3 Å². The van der Waals surface area contributed by atoms with Crippen molar-refractivity contribution >= 4 is 40.1 Å². The predicted octanol–water partition coefficient (Wildman–Crippen LogP) is 2.97. The first kappa shape index (κ1) is 18.7. The molecule has 1 aromatic heterocycles. The van der Waals surface area contributed by atoms with E-state index in [0.717, 1.165) is 23.1 Å². The molecule has 1 aliphatic carbocycles. The summed E-state index contributed by atoms with van der Waals surface area (Å²) in [6.45, 7) is 1.49. The number of nitrogens with one attached hydrogen (secondary N) is 1. The molecule has 0 radical (unpaired) electrons. The highest BCUT2D eigenvalue weighted by Gasteiger charge is 2.41. The molecule has 29 heavy (non-hydrogen) atoms. The molecule has 0 spiro atoms. The van der Waals surface area contributed by atoms with E-state index in [9.17, 15) is 4.79 Å². The van der Waals surface area contributed by atoms with Crippen molar-refractivity contribution in [3.05, 3.63) is 48.0 Å². The Morgan fingerprint density at radius 2 is 2.03 bits per heavy atom. The molecule has 2 atom stereocenters. The lowest BCUT2D eigenvalue weighted by Crippen LogP contribution is -2.15. The lowest BCUT2D eigenvalue weighted by atomic mass is 10.1. The van der Waals surface area contributed by atoms with Crippen LogP contribution in [0.5, 0.6) is 5.75 Å². The third-order valence-corrected chi connectivity index (χ3v) is 4.95. The Morgan fingerprint density at radius 1 is 1.24 bits per heavy atom. The molecule has 5 N–H and O–H groups in total. The highest BCUT2D eigenvalue weighted by molar-refractivity contribution is 5.97. The van der Waals surface area contributed by atoms with E-state index >= 15 is 0 Å². The Hall–Kier alpha value is -3.68. The molecule has 1 heterocycles. The van der Waals surface area contributed by atoms with Crippen LogP contribution in [0.25, 0.3) is 10.9 Å². The summed E-state index contributed by atoms with van der Waals surface area (Å²) < 4.78 is 5.36. The maximum atomic E-state index is 11.3. The van der Waals surface area contributed by atoms with Gasteiger partial charge in [-0.2, -0.15) is 4.98 Å². The minimum absolute atomic E-state index is 0.0979. The lowest BCUT2D eigenvalue weighted by molar-refractivity contribution is -0.114. The van der Waals surface area contributed by atoms with Crippen LogP contribution in [0.4, 0.5) is 17.5 Å². The SMILES string of the molecule is COc1cccc2c(N=C(N)C3CC3c3cccc(NC(C)=O)c3)nc(N)nc12. The van der Waals surface area contributed by atoms with Crippen molar-refractivity contribution in [2.24, 2.45) is 16.6 Å². The molecule has 2 aromatic carbocycles. The van der Waals surface area contributed by atoms with E-state index in [0.29, 0.717) is 22.9 Å². The van der Waals surface area contributed by atoms with E-state index in [4.69, 9.17) is 16.2 Å². The summed E-state index contributed by atoms with van der Waals surface area (Å²) in [5, 5.41) is 3.53. The van der Waals surface area contributed by atoms with E-state index in [1.807, 2.05) is 42.5 Å². The molecule has 3 aromatic rings. The van der Waals surface area contributed by atoms with Crippen molar-refractivity contribution in [1.82, 2.24) is 9.97 Å². The van der Waals surface area contributed by atoms with Gasteiger partial charge in [-0.15, -0.1) is 0 Å². The van der Waals surface area contributed by atoms with Crippen LogP contribution in [-0.4, -0.2) is 28.8 Å². The number of amidine groups is 1. The van der Waals surface area contributed by atoms with Gasteiger partial charge in [0.2, 0.25) is 11.9 Å². The second-order valence-electron chi connectivity index (χ2n) is 7.05. The average Bonchev–Trinajstić information content (AvgIpc) is 3.48. The summed E-state index contributed by atoms with van der Waals surface area (Å²) in [5.41, 5.74) is 14.7. The average molecular weight is 390 g/mol. The molecule has 0 aliphatic heterocycles. The second kappa shape index (κ2) is 7.38. The van der Waals surface area contributed by atoms with Crippen LogP contribution < -0.4 is 21.5 Å². The summed E-state index contributed by atoms with van der Waals surface area (Å²) in [6, 6.07) is 13.3. The van der Waals surface area contributed by atoms with Gasteiger partial charge in [0, 0.05) is 23.9 Å². The molecule has 148 valence electrons. The number of nitrogens with zero attached hydrogens (tertiary/aromatic N) is 3. The number of amides is 1. The van der Waals surface area contributed by atoms with Gasteiger partial charge in [0.05, 0.1) is 7.11 Å². The topological polar surface area (TPSA) is 129 Å². The summed E-state index contributed by atoms with van der Waals surface area (Å²) in [7, 11) is 1.58. The number of methoxy groups -OCH3 is 1. The number of hydrogen-bond donors (Lipinski definition) is 3. The zero-order valence-electron chi connectivity index (χ0n) is 16.2. The lowest BCUT2D eigenvalue weighted by Gasteiger charge is -2.08. The Balaban J connectivity index is 1.62. The standard InChI is InChI=1S/C21H22N6O2/c1-11(28)24-13-6-3-5-12(9-13)15-10-16(15)19(22)26-20-14-7-4-8-17(29-2)18(14)25-21(23)27-20/h3-9,15-16H,10H2,1-2H3,(H,24,28)(H4,22,23,25,26,27). The molecule has 1 saturated carbocycles. The molecular formula is C21H22N6O2. The highest BCUT2D eigenvalue weighted by Crippen LogP contribution is 2.48. The summed E-state index contributed by atoms with van der Waals surface area (Å²) in [6.07, 6.45) is 0.890. The van der Waals surface area contributed by atoms with Crippen LogP contribution in [0.2, 0.25) is 0 Å². The first-order valence-corrected chi connectivity index (χ1v) is 9.28. The number of aromatic nitrogens is 2. The van der Waals surface area contributed by atoms with Gasteiger partial charge in [-0.25, -0.2) is 9.98 Å². The third-order valence-electron chi connectivity index (χ3n) is 4.95. The molecule has 1 fully saturated rings. The van der Waals surface area contributed by atoms with E-state index in [-0.39, 0.29) is 23.7 Å². The second-order valence-corrected chi connectivity index (χ2v) is 7.05. The first-order valence-electron chi connectivity index (χ1n) is 9.28. The van der Waals surface area contributed by atoms with Gasteiger partial charge >= 0.3 is 0 Å². The van der Waals surface area contributed by atoms with E-state index in [1.54, 1.807) is 7.11 Å². The maximum absolute atomic E-state index is 11.3. The Kier molecular flexibility index (Phi) is 4.75. The van der Waals surface area contributed by atoms with Crippen LogP contribution >= 0.6 is 0 Å². The number of para-hydroxylation sites is 1. The minimum Gasteiger partial charge on any atom is -0.494 e. The predicted molar refractivity (Wildman–Crippen MR) is 113 cm³/mol. The number of benzene rings is 2. The molecule has 8 heteroatoms. The molecule has 0 saturated heterocycles. The number of nitrogens with two attached hydrogens (primary N) is 2. The number of fused-ring (bicyclic) bond motifs is 1. The van der Waals surface area contributed by atoms with Crippen LogP contribution in [0, 0.1) is 5.92 Å². The molecule has 4 rings (SSSR count). The van der Waals surface area contributed by atoms with Crippen LogP contribution in [0.1, 0.15) is 24.8 Å². The van der Waals surface area contributed by atoms with Crippen molar-refractivity contribution in [2.45, 2.75) is 19.3 Å². The molecule has 0 bridgehead atoms. The Labute approximate surface area is 168 Å². The fourth-order valence-electron chi connectivity index (χ4n) is 3.52. The monoisotopic (exact) mass is 390 g/mol. The number of aliphatic imine (C=N–C) groups is 1. The zero-order valence-corrected chi connectivity index (χ0v) is 16.2. The van der Waals surface area contributed by atoms with E-state index in [1.165, 1.54) is 6.92 Å². The zero-order chi connectivity index (χ0) is 20.5. The number of hydrogen-bond acceptors (Lipinski definition) is 6. The number of anilines is 2. The third kappa shape index (κ3) is 3.82. The Morgan fingerprint density at radius 3 is 2.79 bits per heavy atom. The number of carbonyl (C=O) groups excluding carboxylic acids is 1.